The van der Waals surface area contributed by atoms with E-state index in [0.29, 0.717) is 16.6 Å². The molecule has 0 spiro atoms. The van der Waals surface area contributed by atoms with Crippen LogP contribution in [0.2, 0.25) is 5.02 Å². The lowest BCUT2D eigenvalue weighted by Crippen LogP contribution is -2.19. The van der Waals surface area contributed by atoms with Crippen molar-refractivity contribution < 1.29 is 18.0 Å². The molecule has 4 nitrogen and oxygen atoms in total. The Bertz CT molecular complexity index is 1050. The zero-order valence-electron chi connectivity index (χ0n) is 15.8. The van der Waals surface area contributed by atoms with Crippen LogP contribution in [0.4, 0.5) is 13.2 Å². The van der Waals surface area contributed by atoms with Crippen molar-refractivity contribution in [3.63, 3.8) is 0 Å². The zero-order chi connectivity index (χ0) is 21.7. The highest BCUT2D eigenvalue weighted by Gasteiger charge is 2.31. The number of rotatable bonds is 7. The molecule has 3 rings (SSSR count). The summed E-state index contributed by atoms with van der Waals surface area (Å²) in [7, 11) is 0. The summed E-state index contributed by atoms with van der Waals surface area (Å²) in [5.74, 6) is -0.549. The average Bonchev–Trinajstić information content (AvgIpc) is 3.25. The highest BCUT2D eigenvalue weighted by Crippen LogP contribution is 2.31. The van der Waals surface area contributed by atoms with Crippen molar-refractivity contribution in [3.8, 4) is 0 Å². The summed E-state index contributed by atoms with van der Waals surface area (Å²) in [4.78, 5) is 17.2. The smallest absolute Gasteiger partial charge is 0.374 e. The first-order valence-electron chi connectivity index (χ1n) is 8.76. The SMILES string of the molecule is CSC(NCc1ccc(Cl)cc1)=C(C(=O)c1cccc(C(F)(F)F)c1)n1ccnc1. The van der Waals surface area contributed by atoms with Crippen LogP contribution < -0.4 is 5.32 Å². The number of benzene rings is 2. The minimum absolute atomic E-state index is 0.0617. The monoisotopic (exact) mass is 451 g/mol. The van der Waals surface area contributed by atoms with Gasteiger partial charge in [0.15, 0.2) is 0 Å². The lowest BCUT2D eigenvalue weighted by Gasteiger charge is -2.16. The number of carbonyl (C=O) groups excluding carboxylic acids is 1. The second-order valence-electron chi connectivity index (χ2n) is 6.24. The van der Waals surface area contributed by atoms with Gasteiger partial charge in [0.25, 0.3) is 0 Å². The van der Waals surface area contributed by atoms with Gasteiger partial charge in [0.2, 0.25) is 5.78 Å². The summed E-state index contributed by atoms with van der Waals surface area (Å²) in [6.45, 7) is 0.404. The third kappa shape index (κ3) is 5.25. The molecule has 1 aromatic heterocycles. The highest BCUT2D eigenvalue weighted by atomic mass is 35.5. The number of aromatic nitrogens is 2. The van der Waals surface area contributed by atoms with E-state index in [1.807, 2.05) is 12.1 Å². The summed E-state index contributed by atoms with van der Waals surface area (Å²) >= 11 is 7.19. The van der Waals surface area contributed by atoms with Gasteiger partial charge in [-0.05, 0) is 36.1 Å². The number of nitrogens with zero attached hydrogens (tertiary/aromatic N) is 2. The van der Waals surface area contributed by atoms with Crippen LogP contribution in [0.15, 0.2) is 72.3 Å². The first-order chi connectivity index (χ1) is 14.3. The van der Waals surface area contributed by atoms with Crippen molar-refractivity contribution in [2.24, 2.45) is 0 Å². The second-order valence-corrected chi connectivity index (χ2v) is 7.49. The Morgan fingerprint density at radius 1 is 1.20 bits per heavy atom. The van der Waals surface area contributed by atoms with Gasteiger partial charge in [0, 0.05) is 29.5 Å². The standard InChI is InChI=1S/C21H17ClF3N3OS/c1-30-20(27-12-14-5-7-17(22)8-6-14)18(28-10-9-26-13-28)19(29)15-3-2-4-16(11-15)21(23,24)25/h2-11,13,27H,12H2,1H3. The Labute approximate surface area is 180 Å². The fourth-order valence-corrected chi connectivity index (χ4v) is 3.47. The lowest BCUT2D eigenvalue weighted by molar-refractivity contribution is -0.137. The number of alkyl halides is 3. The Morgan fingerprint density at radius 2 is 1.93 bits per heavy atom. The lowest BCUT2D eigenvalue weighted by atomic mass is 10.0. The van der Waals surface area contributed by atoms with E-state index in [0.717, 1.165) is 17.7 Å². The summed E-state index contributed by atoms with van der Waals surface area (Å²) in [6.07, 6.45) is 1.74. The van der Waals surface area contributed by atoms with E-state index in [1.165, 1.54) is 41.0 Å². The van der Waals surface area contributed by atoms with Gasteiger partial charge >= 0.3 is 6.18 Å². The van der Waals surface area contributed by atoms with E-state index in [4.69, 9.17) is 11.6 Å². The first-order valence-corrected chi connectivity index (χ1v) is 10.4. The summed E-state index contributed by atoms with van der Waals surface area (Å²) in [6, 6.07) is 11.6. The predicted molar refractivity (Wildman–Crippen MR) is 113 cm³/mol. The molecule has 0 aliphatic rings. The molecule has 0 saturated carbocycles. The van der Waals surface area contributed by atoms with Crippen LogP contribution in [-0.2, 0) is 12.7 Å². The molecule has 0 unspecified atom stereocenters. The zero-order valence-corrected chi connectivity index (χ0v) is 17.4. The fraction of sp³-hybridized carbons (Fsp3) is 0.143. The van der Waals surface area contributed by atoms with Crippen LogP contribution in [0.25, 0.3) is 5.70 Å². The molecule has 156 valence electrons. The molecule has 3 aromatic rings. The number of thioether (sulfide) groups is 1. The van der Waals surface area contributed by atoms with Gasteiger partial charge in [-0.2, -0.15) is 13.2 Å². The molecular weight excluding hydrogens is 435 g/mol. The van der Waals surface area contributed by atoms with Crippen LogP contribution in [0.5, 0.6) is 0 Å². The number of hydrogen-bond donors (Lipinski definition) is 1. The number of imidazole rings is 1. The van der Waals surface area contributed by atoms with Crippen molar-refractivity contribution in [2.75, 3.05) is 6.26 Å². The van der Waals surface area contributed by atoms with Crippen LogP contribution in [0.3, 0.4) is 0 Å². The molecule has 9 heteroatoms. The highest BCUT2D eigenvalue weighted by molar-refractivity contribution is 8.02. The number of Topliss-reactive ketones (excluding diaryl/α,β-unsaturated/α-hetero) is 1. The maximum absolute atomic E-state index is 13.2. The molecule has 2 aromatic carbocycles. The number of allylic oxidation sites excluding steroid dienone is 1. The van der Waals surface area contributed by atoms with Gasteiger partial charge < -0.3 is 9.88 Å². The van der Waals surface area contributed by atoms with E-state index >= 15 is 0 Å². The third-order valence-electron chi connectivity index (χ3n) is 4.22. The molecule has 0 atom stereocenters. The van der Waals surface area contributed by atoms with E-state index in [1.54, 1.807) is 24.6 Å². The van der Waals surface area contributed by atoms with Crippen molar-refractivity contribution in [3.05, 3.63) is 94.0 Å². The number of halogens is 4. The molecule has 0 amide bonds. The predicted octanol–water partition coefficient (Wildman–Crippen LogP) is 5.72. The minimum atomic E-state index is -4.54. The molecule has 0 aliphatic heterocycles. The van der Waals surface area contributed by atoms with Crippen molar-refractivity contribution in [2.45, 2.75) is 12.7 Å². The normalized spacial score (nSPS) is 12.4. The Hall–Kier alpha value is -2.71. The molecule has 0 fully saturated rings. The minimum Gasteiger partial charge on any atom is -0.374 e. The van der Waals surface area contributed by atoms with Gasteiger partial charge in [-0.25, -0.2) is 4.98 Å². The Kier molecular flexibility index (Phi) is 6.89. The molecule has 30 heavy (non-hydrogen) atoms. The average molecular weight is 452 g/mol. The van der Waals surface area contributed by atoms with Crippen LogP contribution in [-0.4, -0.2) is 21.6 Å². The number of ketones is 1. The van der Waals surface area contributed by atoms with Crippen LogP contribution >= 0.6 is 23.4 Å². The maximum Gasteiger partial charge on any atom is 0.416 e. The topological polar surface area (TPSA) is 46.9 Å². The van der Waals surface area contributed by atoms with Crippen molar-refractivity contribution in [1.82, 2.24) is 14.9 Å². The van der Waals surface area contributed by atoms with E-state index in [-0.39, 0.29) is 11.3 Å². The largest absolute Gasteiger partial charge is 0.416 e. The number of hydrogen-bond acceptors (Lipinski definition) is 4. The van der Waals surface area contributed by atoms with Crippen molar-refractivity contribution in [1.29, 1.82) is 0 Å². The third-order valence-corrected chi connectivity index (χ3v) is 5.21. The second kappa shape index (κ2) is 9.40. The van der Waals surface area contributed by atoms with Gasteiger partial charge in [-0.3, -0.25) is 4.79 Å². The molecular formula is C21H17ClF3N3OS. The van der Waals surface area contributed by atoms with Gasteiger partial charge in [-0.1, -0.05) is 35.9 Å². The van der Waals surface area contributed by atoms with Gasteiger partial charge in [-0.15, -0.1) is 11.8 Å². The van der Waals surface area contributed by atoms with Gasteiger partial charge in [0.05, 0.1) is 16.9 Å². The van der Waals surface area contributed by atoms with E-state index in [9.17, 15) is 18.0 Å². The van der Waals surface area contributed by atoms with Crippen molar-refractivity contribution >= 4 is 34.8 Å². The van der Waals surface area contributed by atoms with Crippen LogP contribution in [0.1, 0.15) is 21.5 Å². The first kappa shape index (κ1) is 22.0. The molecule has 0 saturated heterocycles. The molecule has 0 aliphatic carbocycles. The van der Waals surface area contributed by atoms with Crippen LogP contribution in [0, 0.1) is 0 Å². The molecule has 0 radical (unpaired) electrons. The van der Waals surface area contributed by atoms with E-state index in [2.05, 4.69) is 10.3 Å². The number of nitrogens with one attached hydrogen (secondary N) is 1. The quantitative estimate of drug-likeness (QED) is 0.369. The summed E-state index contributed by atoms with van der Waals surface area (Å²) in [5, 5.41) is 4.31. The van der Waals surface area contributed by atoms with Gasteiger partial charge in [0.1, 0.15) is 5.70 Å². The Balaban J connectivity index is 1.99. The Morgan fingerprint density at radius 3 is 2.53 bits per heavy atom. The molecule has 1 N–H and O–H groups in total. The van der Waals surface area contributed by atoms with E-state index < -0.39 is 17.5 Å². The molecule has 0 bridgehead atoms. The number of carbonyl (C=O) groups is 1. The maximum atomic E-state index is 13.2. The molecule has 1 heterocycles. The summed E-state index contributed by atoms with van der Waals surface area (Å²) < 4.78 is 40.8. The summed E-state index contributed by atoms with van der Waals surface area (Å²) in [5.41, 5.74) is 0.183. The fourth-order valence-electron chi connectivity index (χ4n) is 2.74.